The van der Waals surface area contributed by atoms with Crippen LogP contribution in [0.3, 0.4) is 0 Å². The van der Waals surface area contributed by atoms with Gasteiger partial charge in [-0.2, -0.15) is 13.2 Å². The number of hydrogen-bond acceptors (Lipinski definition) is 3. The van der Waals surface area contributed by atoms with Gasteiger partial charge in [0.15, 0.2) is 10.4 Å². The second-order valence-electron chi connectivity index (χ2n) is 3.69. The molecule has 0 aliphatic rings. The molecule has 0 saturated carbocycles. The maximum atomic E-state index is 12.5. The third kappa shape index (κ3) is 2.76. The Morgan fingerprint density at radius 3 is 2.37 bits per heavy atom. The number of methoxy groups -OCH3 is 1. The third-order valence-corrected chi connectivity index (χ3v) is 2.81. The van der Waals surface area contributed by atoms with Crippen LogP contribution in [0.1, 0.15) is 5.56 Å². The maximum absolute atomic E-state index is 12.5. The summed E-state index contributed by atoms with van der Waals surface area (Å²) >= 11 is 4.99. The molecule has 100 valence electrons. The Kier molecular flexibility index (Phi) is 3.57. The van der Waals surface area contributed by atoms with Gasteiger partial charge in [0.25, 0.3) is 0 Å². The van der Waals surface area contributed by atoms with Crippen molar-refractivity contribution in [3.05, 3.63) is 40.8 Å². The van der Waals surface area contributed by atoms with Crippen LogP contribution < -0.4 is 4.74 Å². The van der Waals surface area contributed by atoms with Gasteiger partial charge in [0, 0.05) is 5.56 Å². The first-order valence-corrected chi connectivity index (χ1v) is 5.63. The molecule has 7 heteroatoms. The van der Waals surface area contributed by atoms with Gasteiger partial charge in [-0.05, 0) is 12.1 Å². The second-order valence-corrected chi connectivity index (χ2v) is 4.08. The average Bonchev–Trinajstić information content (AvgIpc) is 2.37. The van der Waals surface area contributed by atoms with Crippen molar-refractivity contribution in [3.63, 3.8) is 0 Å². The molecule has 0 atom stereocenters. The summed E-state index contributed by atoms with van der Waals surface area (Å²) in [5.74, 6) is 0.331. The fourth-order valence-corrected chi connectivity index (χ4v) is 1.85. The zero-order chi connectivity index (χ0) is 14.0. The molecule has 0 saturated heterocycles. The van der Waals surface area contributed by atoms with E-state index >= 15 is 0 Å². The highest BCUT2D eigenvalue weighted by molar-refractivity contribution is 7.71. The van der Waals surface area contributed by atoms with Crippen LogP contribution in [0.4, 0.5) is 13.2 Å². The Labute approximate surface area is 112 Å². The molecule has 0 aliphatic heterocycles. The summed E-state index contributed by atoms with van der Waals surface area (Å²) in [6.07, 6.45) is -2.98. The number of nitrogens with one attached hydrogen (secondary N) is 1. The van der Waals surface area contributed by atoms with E-state index in [9.17, 15) is 13.2 Å². The quantitative estimate of drug-likeness (QED) is 0.852. The molecule has 0 radical (unpaired) electrons. The number of nitrogens with zero attached hydrogens (tertiary/aromatic N) is 1. The first kappa shape index (κ1) is 13.5. The smallest absolute Gasteiger partial charge is 0.416 e. The highest BCUT2D eigenvalue weighted by Gasteiger charge is 2.30. The van der Waals surface area contributed by atoms with E-state index in [2.05, 4.69) is 9.97 Å². The Bertz CT molecular complexity index is 635. The summed E-state index contributed by atoms with van der Waals surface area (Å²) in [6.45, 7) is 0. The highest BCUT2D eigenvalue weighted by atomic mass is 32.1. The molecule has 3 nitrogen and oxygen atoms in total. The summed E-state index contributed by atoms with van der Waals surface area (Å²) in [6, 6.07) is 4.72. The van der Waals surface area contributed by atoms with Crippen LogP contribution in [-0.4, -0.2) is 17.1 Å². The number of H-pyrrole nitrogens is 1. The number of aromatic amines is 1. The number of ether oxygens (including phenoxy) is 1. The molecule has 0 amide bonds. The minimum absolute atomic E-state index is 0.246. The van der Waals surface area contributed by atoms with Crippen molar-refractivity contribution in [3.8, 4) is 17.0 Å². The number of benzene rings is 1. The Morgan fingerprint density at radius 1 is 1.21 bits per heavy atom. The molecule has 2 aromatic rings. The van der Waals surface area contributed by atoms with E-state index in [1.54, 1.807) is 0 Å². The first-order chi connectivity index (χ1) is 8.93. The molecule has 0 fully saturated rings. The minimum Gasteiger partial charge on any atom is -0.491 e. The van der Waals surface area contributed by atoms with Crippen LogP contribution in [-0.2, 0) is 6.18 Å². The van der Waals surface area contributed by atoms with Crippen molar-refractivity contribution in [2.45, 2.75) is 6.18 Å². The number of rotatable bonds is 2. The number of halogens is 3. The minimum atomic E-state index is -4.35. The van der Waals surface area contributed by atoms with Gasteiger partial charge in [0.05, 0.1) is 24.7 Å². The highest BCUT2D eigenvalue weighted by Crippen LogP contribution is 2.32. The zero-order valence-corrected chi connectivity index (χ0v) is 10.6. The monoisotopic (exact) mass is 286 g/mol. The van der Waals surface area contributed by atoms with Gasteiger partial charge >= 0.3 is 6.18 Å². The molecule has 2 rings (SSSR count). The molecule has 0 bridgehead atoms. The van der Waals surface area contributed by atoms with E-state index in [-0.39, 0.29) is 4.64 Å². The van der Waals surface area contributed by atoms with Gasteiger partial charge in [-0.1, -0.05) is 24.4 Å². The summed E-state index contributed by atoms with van der Waals surface area (Å²) in [7, 11) is 1.42. The lowest BCUT2D eigenvalue weighted by molar-refractivity contribution is -0.137. The van der Waals surface area contributed by atoms with E-state index in [4.69, 9.17) is 17.0 Å². The van der Waals surface area contributed by atoms with Gasteiger partial charge < -0.3 is 9.72 Å². The summed E-state index contributed by atoms with van der Waals surface area (Å²) in [5.41, 5.74) is 0.331. The molecule has 19 heavy (non-hydrogen) atoms. The lowest BCUT2D eigenvalue weighted by Gasteiger charge is -2.10. The predicted octanol–water partition coefficient (Wildman–Crippen LogP) is 3.83. The molecular formula is C12H9F3N2OS. The van der Waals surface area contributed by atoms with Crippen LogP contribution in [0, 0.1) is 4.64 Å². The largest absolute Gasteiger partial charge is 0.491 e. The molecular weight excluding hydrogens is 277 g/mol. The van der Waals surface area contributed by atoms with Crippen LogP contribution in [0.15, 0.2) is 30.6 Å². The normalized spacial score (nSPS) is 11.4. The van der Waals surface area contributed by atoms with Gasteiger partial charge in [0.1, 0.15) is 0 Å². The lowest BCUT2D eigenvalue weighted by atomic mass is 10.1. The van der Waals surface area contributed by atoms with Crippen molar-refractivity contribution in [2.75, 3.05) is 7.11 Å². The first-order valence-electron chi connectivity index (χ1n) is 5.23. The van der Waals surface area contributed by atoms with Crippen molar-refractivity contribution in [2.24, 2.45) is 0 Å². The predicted molar refractivity (Wildman–Crippen MR) is 66.4 cm³/mol. The second kappa shape index (κ2) is 5.00. The molecule has 0 spiro atoms. The number of hydrogen-bond donors (Lipinski definition) is 1. The summed E-state index contributed by atoms with van der Waals surface area (Å²) in [4.78, 5) is 6.67. The number of aromatic nitrogens is 2. The molecule has 1 aromatic heterocycles. The third-order valence-electron chi connectivity index (χ3n) is 2.52. The van der Waals surface area contributed by atoms with Gasteiger partial charge in [-0.3, -0.25) is 0 Å². The van der Waals surface area contributed by atoms with Crippen molar-refractivity contribution in [1.29, 1.82) is 0 Å². The fraction of sp³-hybridized carbons (Fsp3) is 0.167. The van der Waals surface area contributed by atoms with Crippen LogP contribution in [0.5, 0.6) is 5.75 Å². The number of alkyl halides is 3. The Hall–Kier alpha value is -1.89. The van der Waals surface area contributed by atoms with E-state index in [1.165, 1.54) is 25.6 Å². The summed E-state index contributed by atoms with van der Waals surface area (Å²) in [5, 5.41) is 0. The molecule has 0 unspecified atom stereocenters. The van der Waals surface area contributed by atoms with E-state index in [0.29, 0.717) is 17.0 Å². The van der Waals surface area contributed by atoms with Crippen LogP contribution >= 0.6 is 12.2 Å². The van der Waals surface area contributed by atoms with Crippen LogP contribution in [0.25, 0.3) is 11.3 Å². The van der Waals surface area contributed by atoms with Crippen molar-refractivity contribution >= 4 is 12.2 Å². The Balaban J connectivity index is 2.49. The lowest BCUT2D eigenvalue weighted by Crippen LogP contribution is -2.04. The van der Waals surface area contributed by atoms with Crippen molar-refractivity contribution < 1.29 is 17.9 Å². The molecule has 1 heterocycles. The Morgan fingerprint density at radius 2 is 1.84 bits per heavy atom. The van der Waals surface area contributed by atoms with E-state index in [1.807, 2.05) is 0 Å². The van der Waals surface area contributed by atoms with Gasteiger partial charge in [-0.25, -0.2) is 4.98 Å². The zero-order valence-electron chi connectivity index (χ0n) is 9.78. The molecule has 1 aromatic carbocycles. The topological polar surface area (TPSA) is 37.9 Å². The SMILES string of the molecule is COc1c(-c2ccc(C(F)(F)F)cc2)[nH]cnc1=S. The fourth-order valence-electron chi connectivity index (χ4n) is 1.62. The maximum Gasteiger partial charge on any atom is 0.416 e. The molecule has 0 aliphatic carbocycles. The standard InChI is InChI=1S/C12H9F3N2OS/c1-18-10-9(16-6-17-11(10)19)7-2-4-8(5-3-7)12(13,14)15/h2-6H,1H3,(H,16,17,19). The van der Waals surface area contributed by atoms with Crippen LogP contribution in [0.2, 0.25) is 0 Å². The molecule has 1 N–H and O–H groups in total. The van der Waals surface area contributed by atoms with Crippen molar-refractivity contribution in [1.82, 2.24) is 9.97 Å². The average molecular weight is 286 g/mol. The van der Waals surface area contributed by atoms with Gasteiger partial charge in [0.2, 0.25) is 0 Å². The summed E-state index contributed by atoms with van der Waals surface area (Å²) < 4.78 is 42.8. The van der Waals surface area contributed by atoms with E-state index < -0.39 is 11.7 Å². The van der Waals surface area contributed by atoms with E-state index in [0.717, 1.165) is 12.1 Å². The van der Waals surface area contributed by atoms with Gasteiger partial charge in [-0.15, -0.1) is 0 Å².